The fourth-order valence-corrected chi connectivity index (χ4v) is 0.646. The molecule has 88 valence electrons. The van der Waals surface area contributed by atoms with Crippen molar-refractivity contribution in [1.82, 2.24) is 0 Å². The first-order valence-electron chi connectivity index (χ1n) is 4.33. The van der Waals surface area contributed by atoms with Gasteiger partial charge in [-0.25, -0.2) is 9.59 Å². The highest BCUT2D eigenvalue weighted by atomic mass is 16.6. The molecule has 3 unspecified atom stereocenters. The van der Waals surface area contributed by atoms with Gasteiger partial charge in [0.2, 0.25) is 0 Å². The number of carbonyl (C=O) groups excluding carboxylic acids is 1. The minimum atomic E-state index is -2.23. The molecule has 0 rings (SSSR count). The molecule has 0 saturated carbocycles. The Morgan fingerprint density at radius 1 is 1.20 bits per heavy atom. The topological polar surface area (TPSA) is 124 Å². The quantitative estimate of drug-likeness (QED) is 0.387. The normalized spacial score (nSPS) is 16.5. The van der Waals surface area contributed by atoms with Crippen LogP contribution in [0.15, 0.2) is 0 Å². The fourth-order valence-electron chi connectivity index (χ4n) is 0.646. The second kappa shape index (κ2) is 6.33. The highest BCUT2D eigenvalue weighted by molar-refractivity contribution is 5.84. The number of carboxylic acid groups (broad SMARTS) is 1. The SMILES string of the molecule is CCC(O)COC(=O)C(O)C(O)C(=O)O. The smallest absolute Gasteiger partial charge is 0.338 e. The zero-order valence-electron chi connectivity index (χ0n) is 8.16. The molecule has 0 bridgehead atoms. The Hall–Kier alpha value is -1.18. The van der Waals surface area contributed by atoms with Gasteiger partial charge >= 0.3 is 11.9 Å². The highest BCUT2D eigenvalue weighted by Crippen LogP contribution is 1.99. The van der Waals surface area contributed by atoms with Crippen molar-refractivity contribution >= 4 is 11.9 Å². The lowest BCUT2D eigenvalue weighted by Crippen LogP contribution is -2.41. The average molecular weight is 222 g/mol. The summed E-state index contributed by atoms with van der Waals surface area (Å²) in [6.45, 7) is 1.31. The zero-order valence-corrected chi connectivity index (χ0v) is 8.16. The van der Waals surface area contributed by atoms with Crippen molar-refractivity contribution in [3.63, 3.8) is 0 Å². The van der Waals surface area contributed by atoms with E-state index in [2.05, 4.69) is 4.74 Å². The molecule has 4 N–H and O–H groups in total. The summed E-state index contributed by atoms with van der Waals surface area (Å²) < 4.78 is 4.37. The first-order valence-corrected chi connectivity index (χ1v) is 4.33. The molecule has 3 atom stereocenters. The molecular weight excluding hydrogens is 208 g/mol. The molecule has 0 radical (unpaired) electrons. The number of rotatable bonds is 6. The molecule has 0 heterocycles. The van der Waals surface area contributed by atoms with E-state index in [1.807, 2.05) is 0 Å². The van der Waals surface area contributed by atoms with Crippen LogP contribution in [-0.2, 0) is 14.3 Å². The largest absolute Gasteiger partial charge is 0.479 e. The molecule has 0 aliphatic carbocycles. The summed E-state index contributed by atoms with van der Waals surface area (Å²) in [5, 5.41) is 35.0. The Balaban J connectivity index is 4.05. The van der Waals surface area contributed by atoms with Gasteiger partial charge < -0.3 is 25.2 Å². The van der Waals surface area contributed by atoms with E-state index in [4.69, 9.17) is 20.4 Å². The lowest BCUT2D eigenvalue weighted by molar-refractivity contribution is -0.171. The third kappa shape index (κ3) is 4.73. The fraction of sp³-hybridized carbons (Fsp3) is 0.750. The number of ether oxygens (including phenoxy) is 1. The van der Waals surface area contributed by atoms with Crippen LogP contribution in [0.2, 0.25) is 0 Å². The van der Waals surface area contributed by atoms with Crippen molar-refractivity contribution in [3.8, 4) is 0 Å². The van der Waals surface area contributed by atoms with Crippen LogP contribution < -0.4 is 0 Å². The Bertz CT molecular complexity index is 227. The lowest BCUT2D eigenvalue weighted by atomic mass is 10.2. The Morgan fingerprint density at radius 2 is 1.73 bits per heavy atom. The van der Waals surface area contributed by atoms with E-state index in [1.165, 1.54) is 0 Å². The molecule has 0 fully saturated rings. The van der Waals surface area contributed by atoms with E-state index in [0.717, 1.165) is 0 Å². The lowest BCUT2D eigenvalue weighted by Gasteiger charge is -2.14. The van der Waals surface area contributed by atoms with Crippen LogP contribution in [0.5, 0.6) is 0 Å². The van der Waals surface area contributed by atoms with E-state index < -0.39 is 30.3 Å². The van der Waals surface area contributed by atoms with Gasteiger partial charge in [0.15, 0.2) is 12.2 Å². The number of hydrogen-bond donors (Lipinski definition) is 4. The Kier molecular flexibility index (Phi) is 5.83. The predicted octanol–water partition coefficient (Wildman–Crippen LogP) is -1.89. The van der Waals surface area contributed by atoms with E-state index in [9.17, 15) is 9.59 Å². The molecule has 0 aliphatic heterocycles. The van der Waals surface area contributed by atoms with Gasteiger partial charge in [-0.3, -0.25) is 0 Å². The first kappa shape index (κ1) is 13.8. The molecule has 0 aromatic heterocycles. The van der Waals surface area contributed by atoms with Crippen LogP contribution in [0.3, 0.4) is 0 Å². The molecule has 7 nitrogen and oxygen atoms in total. The highest BCUT2D eigenvalue weighted by Gasteiger charge is 2.31. The molecular formula is C8H14O7. The molecule has 7 heteroatoms. The Morgan fingerprint density at radius 3 is 2.13 bits per heavy atom. The maximum Gasteiger partial charge on any atom is 0.338 e. The summed E-state index contributed by atoms with van der Waals surface area (Å²) in [6.07, 6.45) is -4.89. The molecule has 0 saturated heterocycles. The van der Waals surface area contributed by atoms with Gasteiger partial charge in [-0.1, -0.05) is 6.92 Å². The summed E-state index contributed by atoms with van der Waals surface area (Å²) in [6, 6.07) is 0. The zero-order chi connectivity index (χ0) is 12.0. The minimum absolute atomic E-state index is 0.348. The minimum Gasteiger partial charge on any atom is -0.479 e. The van der Waals surface area contributed by atoms with Crippen LogP contribution in [0, 0.1) is 0 Å². The van der Waals surface area contributed by atoms with Gasteiger partial charge in [-0.2, -0.15) is 0 Å². The maximum atomic E-state index is 10.9. The second-order valence-corrected chi connectivity index (χ2v) is 2.92. The third-order valence-corrected chi connectivity index (χ3v) is 1.68. The van der Waals surface area contributed by atoms with Crippen LogP contribution in [-0.4, -0.2) is 57.3 Å². The number of hydrogen-bond acceptors (Lipinski definition) is 6. The number of aliphatic hydroxyl groups is 3. The van der Waals surface area contributed by atoms with E-state index in [0.29, 0.717) is 6.42 Å². The van der Waals surface area contributed by atoms with E-state index in [1.54, 1.807) is 6.92 Å². The van der Waals surface area contributed by atoms with Crippen molar-refractivity contribution in [2.75, 3.05) is 6.61 Å². The number of aliphatic hydroxyl groups excluding tert-OH is 3. The van der Waals surface area contributed by atoms with Crippen LogP contribution >= 0.6 is 0 Å². The van der Waals surface area contributed by atoms with E-state index >= 15 is 0 Å². The van der Waals surface area contributed by atoms with Crippen LogP contribution in [0.25, 0.3) is 0 Å². The third-order valence-electron chi connectivity index (χ3n) is 1.68. The summed E-state index contributed by atoms with van der Waals surface area (Å²) in [5.41, 5.74) is 0. The van der Waals surface area contributed by atoms with Gasteiger partial charge in [0.25, 0.3) is 0 Å². The van der Waals surface area contributed by atoms with Crippen molar-refractivity contribution in [3.05, 3.63) is 0 Å². The molecule has 15 heavy (non-hydrogen) atoms. The molecule has 0 aromatic carbocycles. The number of carboxylic acids is 1. The number of esters is 1. The van der Waals surface area contributed by atoms with Crippen LogP contribution in [0.4, 0.5) is 0 Å². The predicted molar refractivity (Wildman–Crippen MR) is 46.9 cm³/mol. The standard InChI is InChI=1S/C8H14O7/c1-2-4(9)3-15-8(14)6(11)5(10)7(12)13/h4-6,9-11H,2-3H2,1H3,(H,12,13). The van der Waals surface area contributed by atoms with Crippen molar-refractivity contribution in [2.45, 2.75) is 31.7 Å². The van der Waals surface area contributed by atoms with Crippen molar-refractivity contribution in [1.29, 1.82) is 0 Å². The van der Waals surface area contributed by atoms with Gasteiger partial charge in [0.05, 0.1) is 6.10 Å². The molecule has 0 amide bonds. The first-order chi connectivity index (χ1) is 6.90. The maximum absolute atomic E-state index is 10.9. The van der Waals surface area contributed by atoms with Gasteiger partial charge in [0.1, 0.15) is 6.61 Å². The molecule has 0 spiro atoms. The second-order valence-electron chi connectivity index (χ2n) is 2.92. The number of aliphatic carboxylic acids is 1. The summed E-state index contributed by atoms with van der Waals surface area (Å²) >= 11 is 0. The van der Waals surface area contributed by atoms with Crippen LogP contribution in [0.1, 0.15) is 13.3 Å². The van der Waals surface area contributed by atoms with Crippen molar-refractivity contribution in [2.24, 2.45) is 0 Å². The number of carbonyl (C=O) groups is 2. The Labute approximate surface area is 85.9 Å². The summed E-state index contributed by atoms with van der Waals surface area (Å²) in [5.74, 6) is -3.01. The van der Waals surface area contributed by atoms with Gasteiger partial charge in [-0.05, 0) is 6.42 Å². The monoisotopic (exact) mass is 222 g/mol. The molecule has 0 aliphatic rings. The summed E-state index contributed by atoms with van der Waals surface area (Å²) in [4.78, 5) is 21.1. The molecule has 0 aromatic rings. The van der Waals surface area contributed by atoms with E-state index in [-0.39, 0.29) is 6.61 Å². The van der Waals surface area contributed by atoms with Crippen molar-refractivity contribution < 1.29 is 34.8 Å². The average Bonchev–Trinajstić information content (AvgIpc) is 2.22. The van der Waals surface area contributed by atoms with Gasteiger partial charge in [-0.15, -0.1) is 0 Å². The van der Waals surface area contributed by atoms with Gasteiger partial charge in [0, 0.05) is 0 Å². The summed E-state index contributed by atoms with van der Waals surface area (Å²) in [7, 11) is 0.